The summed E-state index contributed by atoms with van der Waals surface area (Å²) in [7, 11) is 0. The van der Waals surface area contributed by atoms with Crippen molar-refractivity contribution >= 4 is 40.7 Å². The topological polar surface area (TPSA) is 82.8 Å². The molecule has 2 aliphatic heterocycles. The number of amides is 1. The van der Waals surface area contributed by atoms with E-state index in [2.05, 4.69) is 21.2 Å². The van der Waals surface area contributed by atoms with Gasteiger partial charge in [-0.05, 0) is 55.3 Å². The molecule has 3 aromatic rings. The van der Waals surface area contributed by atoms with Crippen LogP contribution in [0.5, 0.6) is 5.75 Å². The van der Waals surface area contributed by atoms with Gasteiger partial charge in [0.1, 0.15) is 6.07 Å². The Morgan fingerprint density at radius 1 is 1.03 bits per heavy atom. The number of rotatable bonds is 5. The highest BCUT2D eigenvalue weighted by molar-refractivity contribution is 6.42. The third kappa shape index (κ3) is 6.03. The number of halogens is 2. The first-order valence-electron chi connectivity index (χ1n) is 12.2. The van der Waals surface area contributed by atoms with Crippen LogP contribution in [0, 0.1) is 11.3 Å². The highest BCUT2D eigenvalue weighted by Gasteiger charge is 2.26. The number of carbonyl (C=O) groups is 1. The van der Waals surface area contributed by atoms with Crippen molar-refractivity contribution in [2.75, 3.05) is 49.6 Å². The van der Waals surface area contributed by atoms with Crippen molar-refractivity contribution in [3.8, 4) is 17.5 Å². The van der Waals surface area contributed by atoms with E-state index in [1.165, 1.54) is 0 Å². The fourth-order valence-corrected chi connectivity index (χ4v) is 5.14. The van der Waals surface area contributed by atoms with Crippen LogP contribution in [-0.2, 0) is 4.74 Å². The third-order valence-electron chi connectivity index (χ3n) is 6.80. The summed E-state index contributed by atoms with van der Waals surface area (Å²) < 4.78 is 12.7. The molecule has 10 heteroatoms. The molecule has 0 atom stereocenters. The van der Waals surface area contributed by atoms with Crippen molar-refractivity contribution in [2.24, 2.45) is 0 Å². The predicted molar refractivity (Wildman–Crippen MR) is 144 cm³/mol. The number of hydrogen-bond acceptors (Lipinski definition) is 6. The quantitative estimate of drug-likeness (QED) is 0.456. The number of ether oxygens (including phenoxy) is 2. The molecule has 37 heavy (non-hydrogen) atoms. The summed E-state index contributed by atoms with van der Waals surface area (Å²) in [5.41, 5.74) is 2.68. The van der Waals surface area contributed by atoms with Crippen LogP contribution in [0.25, 0.3) is 5.69 Å². The summed E-state index contributed by atoms with van der Waals surface area (Å²) in [5.74, 6) is 0.364. The molecule has 2 aromatic carbocycles. The summed E-state index contributed by atoms with van der Waals surface area (Å²) in [4.78, 5) is 17.3. The second kappa shape index (κ2) is 11.4. The maximum atomic E-state index is 12.5. The van der Waals surface area contributed by atoms with Gasteiger partial charge in [-0.15, -0.1) is 0 Å². The molecule has 0 unspecified atom stereocenters. The first-order valence-corrected chi connectivity index (χ1v) is 13.0. The maximum Gasteiger partial charge on any atom is 0.417 e. The van der Waals surface area contributed by atoms with Crippen LogP contribution in [0.1, 0.15) is 18.4 Å². The molecule has 0 saturated carbocycles. The molecule has 0 bridgehead atoms. The Balaban J connectivity index is 1.19. The van der Waals surface area contributed by atoms with Gasteiger partial charge in [0.25, 0.3) is 0 Å². The van der Waals surface area contributed by atoms with Gasteiger partial charge in [0.15, 0.2) is 5.75 Å². The molecule has 192 valence electrons. The zero-order valence-electron chi connectivity index (χ0n) is 20.2. The lowest BCUT2D eigenvalue weighted by molar-refractivity contribution is 0.0321. The molecule has 1 amide bonds. The summed E-state index contributed by atoms with van der Waals surface area (Å²) >= 11 is 12.1. The van der Waals surface area contributed by atoms with E-state index in [9.17, 15) is 10.1 Å². The molecule has 0 spiro atoms. The van der Waals surface area contributed by atoms with E-state index < -0.39 is 6.09 Å². The van der Waals surface area contributed by atoms with E-state index >= 15 is 0 Å². The summed E-state index contributed by atoms with van der Waals surface area (Å²) in [6, 6.07) is 15.1. The normalized spacial score (nSPS) is 16.8. The number of piperazine rings is 1. The Labute approximate surface area is 225 Å². The number of anilines is 2. The number of benzene rings is 2. The van der Waals surface area contributed by atoms with Gasteiger partial charge in [-0.2, -0.15) is 5.26 Å². The zero-order chi connectivity index (χ0) is 25.8. The fourth-order valence-electron chi connectivity index (χ4n) is 4.85. The van der Waals surface area contributed by atoms with Gasteiger partial charge in [0, 0.05) is 63.0 Å². The molecule has 1 N–H and O–H groups in total. The largest absolute Gasteiger partial charge is 0.417 e. The highest BCUT2D eigenvalue weighted by atomic mass is 35.5. The van der Waals surface area contributed by atoms with Crippen molar-refractivity contribution in [3.05, 3.63) is 70.5 Å². The fraction of sp³-hybridized carbons (Fsp3) is 0.333. The lowest BCUT2D eigenvalue weighted by Gasteiger charge is -2.41. The van der Waals surface area contributed by atoms with Crippen LogP contribution >= 0.6 is 23.2 Å². The molecule has 0 radical (unpaired) electrons. The molecule has 1 aromatic heterocycles. The van der Waals surface area contributed by atoms with Crippen molar-refractivity contribution in [2.45, 2.75) is 18.9 Å². The molecular formula is C27H27Cl2N5O3. The zero-order valence-corrected chi connectivity index (χ0v) is 21.7. The Morgan fingerprint density at radius 2 is 1.81 bits per heavy atom. The average Bonchev–Trinajstić information content (AvgIpc) is 3.39. The maximum absolute atomic E-state index is 12.5. The van der Waals surface area contributed by atoms with E-state index in [1.807, 2.05) is 12.1 Å². The van der Waals surface area contributed by atoms with Crippen LogP contribution in [0.3, 0.4) is 0 Å². The van der Waals surface area contributed by atoms with Gasteiger partial charge in [-0.1, -0.05) is 23.2 Å². The SMILES string of the molecule is N#Cc1cc(NC(=O)Oc2ccn(-c3ccc(Cl)c(Cl)c3)c2)ccc1N1CCN(C2CCOCC2)CC1. The van der Waals surface area contributed by atoms with Gasteiger partial charge in [0.05, 0.1) is 27.5 Å². The summed E-state index contributed by atoms with van der Waals surface area (Å²) in [6.07, 6.45) is 4.95. The van der Waals surface area contributed by atoms with Crippen molar-refractivity contribution < 1.29 is 14.3 Å². The van der Waals surface area contributed by atoms with E-state index in [4.69, 9.17) is 32.7 Å². The van der Waals surface area contributed by atoms with Crippen molar-refractivity contribution in [1.29, 1.82) is 5.26 Å². The Morgan fingerprint density at radius 3 is 2.54 bits per heavy atom. The van der Waals surface area contributed by atoms with E-state index in [0.29, 0.717) is 33.1 Å². The van der Waals surface area contributed by atoms with Crippen LogP contribution in [0.15, 0.2) is 54.9 Å². The molecule has 2 saturated heterocycles. The van der Waals surface area contributed by atoms with E-state index in [0.717, 1.165) is 63.6 Å². The number of aromatic nitrogens is 1. The molecule has 0 aliphatic carbocycles. The second-order valence-corrected chi connectivity index (χ2v) is 9.89. The summed E-state index contributed by atoms with van der Waals surface area (Å²) in [5, 5.41) is 13.4. The average molecular weight is 540 g/mol. The van der Waals surface area contributed by atoms with Gasteiger partial charge < -0.3 is 18.9 Å². The van der Waals surface area contributed by atoms with Gasteiger partial charge in [-0.25, -0.2) is 4.79 Å². The van der Waals surface area contributed by atoms with Gasteiger partial charge >= 0.3 is 6.09 Å². The monoisotopic (exact) mass is 539 g/mol. The smallest absolute Gasteiger partial charge is 0.408 e. The lowest BCUT2D eigenvalue weighted by Crippen LogP contribution is -2.51. The molecule has 8 nitrogen and oxygen atoms in total. The Hall–Kier alpha value is -3.22. The predicted octanol–water partition coefficient (Wildman–Crippen LogP) is 5.57. The molecule has 2 aliphatic rings. The number of nitriles is 1. The standard InChI is InChI=1S/C27H27Cl2N5O3/c28-24-3-2-22(16-25(24)29)34-8-5-23(18-34)37-27(35)31-20-1-4-26(19(15-20)17-30)33-11-9-32(10-12-33)21-6-13-36-14-7-21/h1-5,8,15-16,18,21H,6-7,9-14H2,(H,31,35). The van der Waals surface area contributed by atoms with Crippen LogP contribution < -0.4 is 15.0 Å². The van der Waals surface area contributed by atoms with E-state index in [-0.39, 0.29) is 0 Å². The number of hydrogen-bond donors (Lipinski definition) is 1. The Kier molecular flexibility index (Phi) is 7.87. The minimum absolute atomic E-state index is 0.364. The minimum Gasteiger partial charge on any atom is -0.408 e. The van der Waals surface area contributed by atoms with Crippen LogP contribution in [0.2, 0.25) is 10.0 Å². The highest BCUT2D eigenvalue weighted by Crippen LogP contribution is 2.28. The van der Waals surface area contributed by atoms with Crippen LogP contribution in [-0.4, -0.2) is 61.0 Å². The lowest BCUT2D eigenvalue weighted by atomic mass is 10.1. The van der Waals surface area contributed by atoms with Crippen molar-refractivity contribution in [3.63, 3.8) is 0 Å². The molecular weight excluding hydrogens is 513 g/mol. The van der Waals surface area contributed by atoms with Gasteiger partial charge in [-0.3, -0.25) is 10.2 Å². The summed E-state index contributed by atoms with van der Waals surface area (Å²) in [6.45, 7) is 5.31. The second-order valence-electron chi connectivity index (χ2n) is 9.08. The number of carbonyl (C=O) groups excluding carboxylic acids is 1. The first kappa shape index (κ1) is 25.4. The number of nitrogens with zero attached hydrogens (tertiary/aromatic N) is 4. The molecule has 3 heterocycles. The van der Waals surface area contributed by atoms with Gasteiger partial charge in [0.2, 0.25) is 0 Å². The number of nitrogens with one attached hydrogen (secondary N) is 1. The van der Waals surface area contributed by atoms with E-state index in [1.54, 1.807) is 47.3 Å². The third-order valence-corrected chi connectivity index (χ3v) is 7.54. The van der Waals surface area contributed by atoms with Crippen molar-refractivity contribution in [1.82, 2.24) is 9.47 Å². The first-order chi connectivity index (χ1) is 18.0. The molecule has 5 rings (SSSR count). The minimum atomic E-state index is -0.645. The Bertz CT molecular complexity index is 1310. The van der Waals surface area contributed by atoms with Crippen LogP contribution in [0.4, 0.5) is 16.2 Å². The molecule has 2 fully saturated rings.